The lowest BCUT2D eigenvalue weighted by Crippen LogP contribution is -2.41. The Kier molecular flexibility index (Phi) is 8.55. The Morgan fingerprint density at radius 2 is 2.05 bits per heavy atom. The van der Waals surface area contributed by atoms with Crippen LogP contribution in [0.2, 0.25) is 0 Å². The molecular formula is C18H33N3. The fraction of sp³-hybridized carbons (Fsp3) is 0.722. The van der Waals surface area contributed by atoms with Crippen LogP contribution in [0.25, 0.3) is 0 Å². The molecule has 0 amide bonds. The summed E-state index contributed by atoms with van der Waals surface area (Å²) in [4.78, 5) is 6.86. The summed E-state index contributed by atoms with van der Waals surface area (Å²) in [5.74, 6) is 0. The molecule has 0 aliphatic heterocycles. The van der Waals surface area contributed by atoms with Gasteiger partial charge in [-0.2, -0.15) is 0 Å². The van der Waals surface area contributed by atoms with Gasteiger partial charge in [-0.25, -0.2) is 0 Å². The van der Waals surface area contributed by atoms with Gasteiger partial charge >= 0.3 is 0 Å². The first kappa shape index (κ1) is 18.1. The molecule has 0 saturated heterocycles. The van der Waals surface area contributed by atoms with Gasteiger partial charge in [0, 0.05) is 37.9 Å². The third-order valence-electron chi connectivity index (χ3n) is 3.96. The van der Waals surface area contributed by atoms with Gasteiger partial charge in [0.1, 0.15) is 0 Å². The van der Waals surface area contributed by atoms with Crippen LogP contribution < -0.4 is 5.32 Å². The normalized spacial score (nSPS) is 14.3. The Hall–Kier alpha value is -0.930. The van der Waals surface area contributed by atoms with Gasteiger partial charge in [-0.1, -0.05) is 33.3 Å². The quantitative estimate of drug-likeness (QED) is 0.634. The summed E-state index contributed by atoms with van der Waals surface area (Å²) < 4.78 is 0. The van der Waals surface area contributed by atoms with Crippen molar-refractivity contribution >= 4 is 0 Å². The van der Waals surface area contributed by atoms with Crippen LogP contribution in [0.5, 0.6) is 0 Å². The van der Waals surface area contributed by atoms with Crippen molar-refractivity contribution in [3.8, 4) is 0 Å². The SMILES string of the molecule is CCCNCC(C)(CCC)CN(C)CCc1ccccn1. The maximum atomic E-state index is 4.41. The molecule has 0 fully saturated rings. The molecule has 120 valence electrons. The third-order valence-corrected chi connectivity index (χ3v) is 3.96. The van der Waals surface area contributed by atoms with Crippen LogP contribution >= 0.6 is 0 Å². The lowest BCUT2D eigenvalue weighted by Gasteiger charge is -2.34. The smallest absolute Gasteiger partial charge is 0.0416 e. The van der Waals surface area contributed by atoms with Crippen LogP contribution in [-0.2, 0) is 6.42 Å². The van der Waals surface area contributed by atoms with E-state index >= 15 is 0 Å². The van der Waals surface area contributed by atoms with Crippen LogP contribution in [0.3, 0.4) is 0 Å². The third kappa shape index (κ3) is 7.58. The highest BCUT2D eigenvalue weighted by Crippen LogP contribution is 2.23. The zero-order valence-corrected chi connectivity index (χ0v) is 14.4. The molecule has 1 heterocycles. The summed E-state index contributed by atoms with van der Waals surface area (Å²) in [5, 5.41) is 3.60. The monoisotopic (exact) mass is 291 g/mol. The van der Waals surface area contributed by atoms with Crippen molar-refractivity contribution in [1.82, 2.24) is 15.2 Å². The van der Waals surface area contributed by atoms with Crippen molar-refractivity contribution in [2.45, 2.75) is 46.5 Å². The molecule has 0 spiro atoms. The summed E-state index contributed by atoms with van der Waals surface area (Å²) in [7, 11) is 2.23. The van der Waals surface area contributed by atoms with E-state index in [1.165, 1.54) is 25.0 Å². The van der Waals surface area contributed by atoms with Gasteiger partial charge in [0.15, 0.2) is 0 Å². The second-order valence-corrected chi connectivity index (χ2v) is 6.55. The molecule has 0 aliphatic rings. The molecule has 3 nitrogen and oxygen atoms in total. The predicted octanol–water partition coefficient (Wildman–Crippen LogP) is 3.36. The molecule has 0 bridgehead atoms. The van der Waals surface area contributed by atoms with Crippen molar-refractivity contribution < 1.29 is 0 Å². The van der Waals surface area contributed by atoms with Crippen molar-refractivity contribution in [1.29, 1.82) is 0 Å². The number of pyridine rings is 1. The van der Waals surface area contributed by atoms with Crippen LogP contribution in [0, 0.1) is 5.41 Å². The Labute approximate surface area is 131 Å². The number of nitrogens with zero attached hydrogens (tertiary/aromatic N) is 2. The summed E-state index contributed by atoms with van der Waals surface area (Å²) in [6, 6.07) is 6.16. The molecule has 3 heteroatoms. The maximum Gasteiger partial charge on any atom is 0.0416 e. The molecule has 1 unspecified atom stereocenters. The predicted molar refractivity (Wildman–Crippen MR) is 91.6 cm³/mol. The number of rotatable bonds is 11. The Morgan fingerprint density at radius 1 is 1.24 bits per heavy atom. The molecule has 0 aliphatic carbocycles. The topological polar surface area (TPSA) is 28.2 Å². The molecule has 1 aromatic rings. The number of hydrogen-bond acceptors (Lipinski definition) is 3. The van der Waals surface area contributed by atoms with Crippen molar-refractivity contribution in [3.63, 3.8) is 0 Å². The number of likely N-dealkylation sites (N-methyl/N-ethyl adjacent to an activating group) is 1. The fourth-order valence-corrected chi connectivity index (χ4v) is 2.98. The summed E-state index contributed by atoms with van der Waals surface area (Å²) in [6.07, 6.45) is 6.64. The van der Waals surface area contributed by atoms with E-state index < -0.39 is 0 Å². The highest BCUT2D eigenvalue weighted by molar-refractivity contribution is 5.03. The molecule has 1 atom stereocenters. The average molecular weight is 291 g/mol. The lowest BCUT2D eigenvalue weighted by molar-refractivity contribution is 0.174. The summed E-state index contributed by atoms with van der Waals surface area (Å²) in [5.41, 5.74) is 1.55. The highest BCUT2D eigenvalue weighted by Gasteiger charge is 2.24. The minimum atomic E-state index is 0.364. The van der Waals surface area contributed by atoms with Crippen molar-refractivity contribution in [2.24, 2.45) is 5.41 Å². The summed E-state index contributed by atoms with van der Waals surface area (Å²) in [6.45, 7) is 11.4. The van der Waals surface area contributed by atoms with E-state index in [0.29, 0.717) is 5.41 Å². The summed E-state index contributed by atoms with van der Waals surface area (Å²) >= 11 is 0. The van der Waals surface area contributed by atoms with Gasteiger partial charge in [0.2, 0.25) is 0 Å². The van der Waals surface area contributed by atoms with E-state index in [1.807, 2.05) is 12.3 Å². The second-order valence-electron chi connectivity index (χ2n) is 6.55. The molecule has 1 N–H and O–H groups in total. The van der Waals surface area contributed by atoms with Crippen molar-refractivity contribution in [2.75, 3.05) is 33.2 Å². The first-order chi connectivity index (χ1) is 10.1. The minimum Gasteiger partial charge on any atom is -0.316 e. The maximum absolute atomic E-state index is 4.41. The van der Waals surface area contributed by atoms with Gasteiger partial charge in [-0.05, 0) is 44.0 Å². The highest BCUT2D eigenvalue weighted by atomic mass is 15.1. The van der Waals surface area contributed by atoms with E-state index in [2.05, 4.69) is 55.2 Å². The van der Waals surface area contributed by atoms with Gasteiger partial charge in [0.05, 0.1) is 0 Å². The number of aromatic nitrogens is 1. The molecule has 0 radical (unpaired) electrons. The van der Waals surface area contributed by atoms with E-state index in [4.69, 9.17) is 0 Å². The molecule has 21 heavy (non-hydrogen) atoms. The van der Waals surface area contributed by atoms with Crippen LogP contribution in [0.1, 0.15) is 45.7 Å². The number of hydrogen-bond donors (Lipinski definition) is 1. The molecule has 1 aromatic heterocycles. The molecule has 1 rings (SSSR count). The lowest BCUT2D eigenvalue weighted by atomic mass is 9.84. The molecule has 0 saturated carbocycles. The largest absolute Gasteiger partial charge is 0.316 e. The average Bonchev–Trinajstić information content (AvgIpc) is 2.47. The van der Waals surface area contributed by atoms with Gasteiger partial charge < -0.3 is 10.2 Å². The van der Waals surface area contributed by atoms with E-state index in [1.54, 1.807) is 0 Å². The fourth-order valence-electron chi connectivity index (χ4n) is 2.98. The Morgan fingerprint density at radius 3 is 2.67 bits per heavy atom. The number of nitrogens with one attached hydrogen (secondary N) is 1. The van der Waals surface area contributed by atoms with E-state index in [9.17, 15) is 0 Å². The van der Waals surface area contributed by atoms with Crippen LogP contribution in [0.4, 0.5) is 0 Å². The molecular weight excluding hydrogens is 258 g/mol. The van der Waals surface area contributed by atoms with Gasteiger partial charge in [0.25, 0.3) is 0 Å². The zero-order chi connectivity index (χ0) is 15.6. The van der Waals surface area contributed by atoms with Gasteiger partial charge in [-0.3, -0.25) is 4.98 Å². The zero-order valence-electron chi connectivity index (χ0n) is 14.4. The van der Waals surface area contributed by atoms with E-state index in [-0.39, 0.29) is 0 Å². The first-order valence-electron chi connectivity index (χ1n) is 8.39. The molecule has 0 aromatic carbocycles. The second kappa shape index (κ2) is 9.91. The standard InChI is InChI=1S/C18H33N3/c1-5-11-18(3,15-19-12-6-2)16-21(4)14-10-17-9-7-8-13-20-17/h7-9,13,19H,5-6,10-12,14-16H2,1-4H3. The van der Waals surface area contributed by atoms with Crippen LogP contribution in [-0.4, -0.2) is 43.1 Å². The van der Waals surface area contributed by atoms with Crippen LogP contribution in [0.15, 0.2) is 24.4 Å². The minimum absolute atomic E-state index is 0.364. The van der Waals surface area contributed by atoms with Crippen molar-refractivity contribution in [3.05, 3.63) is 30.1 Å². The Bertz CT molecular complexity index is 366. The Balaban J connectivity index is 2.41. The first-order valence-corrected chi connectivity index (χ1v) is 8.39. The van der Waals surface area contributed by atoms with E-state index in [0.717, 1.165) is 32.6 Å². The van der Waals surface area contributed by atoms with Gasteiger partial charge in [-0.15, -0.1) is 0 Å².